The molecule has 0 aliphatic rings. The molecule has 4 nitrogen and oxygen atoms in total. The predicted octanol–water partition coefficient (Wildman–Crippen LogP) is 2.40. The third-order valence-corrected chi connectivity index (χ3v) is 3.59. The molecule has 3 rings (SSSR count). The molecule has 1 atom stereocenters. The third kappa shape index (κ3) is 2.71. The van der Waals surface area contributed by atoms with E-state index in [4.69, 9.17) is 5.73 Å². The molecule has 0 saturated carbocycles. The van der Waals surface area contributed by atoms with Gasteiger partial charge in [0.25, 0.3) is 5.56 Å². The van der Waals surface area contributed by atoms with E-state index in [-0.39, 0.29) is 11.6 Å². The van der Waals surface area contributed by atoms with Crippen molar-refractivity contribution in [3.63, 3.8) is 0 Å². The Morgan fingerprint density at radius 3 is 2.71 bits per heavy atom. The molecule has 21 heavy (non-hydrogen) atoms. The molecular weight excluding hydrogens is 262 g/mol. The first-order valence-electron chi connectivity index (χ1n) is 6.93. The molecule has 0 amide bonds. The van der Waals surface area contributed by atoms with E-state index in [1.165, 1.54) is 10.7 Å². The van der Waals surface area contributed by atoms with E-state index in [2.05, 4.69) is 23.3 Å². The summed E-state index contributed by atoms with van der Waals surface area (Å²) in [7, 11) is 0. The van der Waals surface area contributed by atoms with Crippen LogP contribution in [0, 0.1) is 6.92 Å². The highest BCUT2D eigenvalue weighted by Crippen LogP contribution is 2.23. The van der Waals surface area contributed by atoms with Crippen molar-refractivity contribution in [1.29, 1.82) is 0 Å². The monoisotopic (exact) mass is 279 g/mol. The van der Waals surface area contributed by atoms with E-state index in [1.807, 2.05) is 31.2 Å². The van der Waals surface area contributed by atoms with Gasteiger partial charge in [0.15, 0.2) is 0 Å². The maximum Gasteiger partial charge on any atom is 0.266 e. The molecule has 1 unspecified atom stereocenters. The van der Waals surface area contributed by atoms with Crippen LogP contribution in [0.1, 0.15) is 17.3 Å². The van der Waals surface area contributed by atoms with Gasteiger partial charge in [-0.25, -0.2) is 4.68 Å². The minimum absolute atomic E-state index is 0.128. The zero-order valence-electron chi connectivity index (χ0n) is 11.9. The van der Waals surface area contributed by atoms with E-state index in [1.54, 1.807) is 6.07 Å². The molecular formula is C17H17N3O. The Balaban J connectivity index is 1.99. The van der Waals surface area contributed by atoms with Crippen LogP contribution in [0.4, 0.5) is 0 Å². The Labute approximate surface area is 122 Å². The summed E-state index contributed by atoms with van der Waals surface area (Å²) in [6.45, 7) is 2.23. The van der Waals surface area contributed by atoms with Crippen molar-refractivity contribution < 1.29 is 0 Å². The highest BCUT2D eigenvalue weighted by atomic mass is 16.1. The Morgan fingerprint density at radius 1 is 1.10 bits per heavy atom. The number of fused-ring (bicyclic) bond motifs is 1. The Morgan fingerprint density at radius 2 is 1.86 bits per heavy atom. The van der Waals surface area contributed by atoms with Crippen molar-refractivity contribution in [2.45, 2.75) is 19.5 Å². The number of hydrogen-bond acceptors (Lipinski definition) is 3. The molecule has 1 aromatic heterocycles. The first kappa shape index (κ1) is 13.5. The number of aryl methyl sites for hydroxylation is 1. The Bertz CT molecular complexity index is 833. The average Bonchev–Trinajstić information content (AvgIpc) is 2.50. The molecule has 3 aromatic rings. The van der Waals surface area contributed by atoms with E-state index in [0.717, 1.165) is 22.0 Å². The van der Waals surface area contributed by atoms with Crippen LogP contribution in [0.2, 0.25) is 0 Å². The van der Waals surface area contributed by atoms with Gasteiger partial charge in [-0.05, 0) is 29.3 Å². The van der Waals surface area contributed by atoms with Crippen molar-refractivity contribution in [1.82, 2.24) is 9.78 Å². The van der Waals surface area contributed by atoms with Crippen molar-refractivity contribution in [2.24, 2.45) is 5.73 Å². The van der Waals surface area contributed by atoms with Gasteiger partial charge in [-0.2, -0.15) is 5.10 Å². The van der Waals surface area contributed by atoms with Gasteiger partial charge in [0.1, 0.15) is 0 Å². The van der Waals surface area contributed by atoms with Gasteiger partial charge in [0, 0.05) is 6.07 Å². The van der Waals surface area contributed by atoms with Crippen molar-refractivity contribution in [3.05, 3.63) is 76.2 Å². The lowest BCUT2D eigenvalue weighted by Crippen LogP contribution is -2.28. The first-order chi connectivity index (χ1) is 10.1. The van der Waals surface area contributed by atoms with Gasteiger partial charge in [0.2, 0.25) is 0 Å². The van der Waals surface area contributed by atoms with Crippen LogP contribution in [-0.2, 0) is 6.54 Å². The number of aromatic nitrogens is 2. The molecule has 0 radical (unpaired) electrons. The number of hydrogen-bond donors (Lipinski definition) is 1. The summed E-state index contributed by atoms with van der Waals surface area (Å²) in [5.74, 6) is 0. The molecule has 0 fully saturated rings. The standard InChI is InChI=1S/C17H17N3O/c1-12-9-10-17(21)20(19-12)11-16(18)15-8-4-6-13-5-2-3-7-14(13)15/h2-10,16H,11,18H2,1H3. The van der Waals surface area contributed by atoms with Gasteiger partial charge in [-0.3, -0.25) is 4.79 Å². The molecule has 106 valence electrons. The van der Waals surface area contributed by atoms with E-state index in [9.17, 15) is 4.79 Å². The molecule has 1 heterocycles. The van der Waals surface area contributed by atoms with Crippen molar-refractivity contribution >= 4 is 10.8 Å². The van der Waals surface area contributed by atoms with Gasteiger partial charge in [-0.1, -0.05) is 42.5 Å². The fraction of sp³-hybridized carbons (Fsp3) is 0.176. The normalized spacial score (nSPS) is 12.5. The quantitative estimate of drug-likeness (QED) is 0.801. The summed E-state index contributed by atoms with van der Waals surface area (Å²) < 4.78 is 1.43. The molecule has 2 N–H and O–H groups in total. The summed E-state index contributed by atoms with van der Waals surface area (Å²) in [5.41, 5.74) is 8.02. The Kier molecular flexibility index (Phi) is 3.54. The molecule has 0 spiro atoms. The maximum atomic E-state index is 11.8. The molecule has 4 heteroatoms. The number of benzene rings is 2. The average molecular weight is 279 g/mol. The van der Waals surface area contributed by atoms with Crippen LogP contribution in [0.5, 0.6) is 0 Å². The lowest BCUT2D eigenvalue weighted by atomic mass is 9.99. The van der Waals surface area contributed by atoms with E-state index in [0.29, 0.717) is 6.54 Å². The van der Waals surface area contributed by atoms with Gasteiger partial charge in [-0.15, -0.1) is 0 Å². The molecule has 0 saturated heterocycles. The SMILES string of the molecule is Cc1ccc(=O)n(CC(N)c2cccc3ccccc23)n1. The molecule has 2 aromatic carbocycles. The lowest BCUT2D eigenvalue weighted by molar-refractivity contribution is 0.501. The van der Waals surface area contributed by atoms with E-state index >= 15 is 0 Å². The van der Waals surface area contributed by atoms with Crippen molar-refractivity contribution in [3.8, 4) is 0 Å². The van der Waals surface area contributed by atoms with E-state index < -0.39 is 0 Å². The fourth-order valence-corrected chi connectivity index (χ4v) is 2.54. The van der Waals surface area contributed by atoms with Gasteiger partial charge < -0.3 is 5.73 Å². The summed E-state index contributed by atoms with van der Waals surface area (Å²) in [6, 6.07) is 17.1. The smallest absolute Gasteiger partial charge is 0.266 e. The zero-order valence-corrected chi connectivity index (χ0v) is 11.9. The second-order valence-corrected chi connectivity index (χ2v) is 5.17. The van der Waals surface area contributed by atoms with Crippen molar-refractivity contribution in [2.75, 3.05) is 0 Å². The lowest BCUT2D eigenvalue weighted by Gasteiger charge is -2.15. The summed E-state index contributed by atoms with van der Waals surface area (Å²) >= 11 is 0. The summed E-state index contributed by atoms with van der Waals surface area (Å²) in [4.78, 5) is 11.8. The molecule has 0 aliphatic carbocycles. The van der Waals surface area contributed by atoms with Crippen LogP contribution in [-0.4, -0.2) is 9.78 Å². The van der Waals surface area contributed by atoms with Gasteiger partial charge in [0.05, 0.1) is 18.3 Å². The predicted molar refractivity (Wildman–Crippen MR) is 84.1 cm³/mol. The van der Waals surface area contributed by atoms with Crippen LogP contribution in [0.3, 0.4) is 0 Å². The fourth-order valence-electron chi connectivity index (χ4n) is 2.54. The minimum atomic E-state index is -0.275. The minimum Gasteiger partial charge on any atom is -0.322 e. The second kappa shape index (κ2) is 5.50. The van der Waals surface area contributed by atoms with Crippen LogP contribution in [0.15, 0.2) is 59.4 Å². The maximum absolute atomic E-state index is 11.8. The highest BCUT2D eigenvalue weighted by molar-refractivity contribution is 5.86. The molecule has 0 bridgehead atoms. The topological polar surface area (TPSA) is 60.9 Å². The highest BCUT2D eigenvalue weighted by Gasteiger charge is 2.11. The van der Waals surface area contributed by atoms with Gasteiger partial charge >= 0.3 is 0 Å². The third-order valence-electron chi connectivity index (χ3n) is 3.59. The number of nitrogens with zero attached hydrogens (tertiary/aromatic N) is 2. The summed E-state index contributed by atoms with van der Waals surface area (Å²) in [6.07, 6.45) is 0. The second-order valence-electron chi connectivity index (χ2n) is 5.17. The van der Waals surface area contributed by atoms with Crippen LogP contribution >= 0.6 is 0 Å². The zero-order chi connectivity index (χ0) is 14.8. The summed E-state index contributed by atoms with van der Waals surface area (Å²) in [5, 5.41) is 6.51. The number of rotatable bonds is 3. The van der Waals surface area contributed by atoms with Crippen LogP contribution < -0.4 is 11.3 Å². The Hall–Kier alpha value is -2.46. The van der Waals surface area contributed by atoms with Crippen LogP contribution in [0.25, 0.3) is 10.8 Å². The first-order valence-corrected chi connectivity index (χ1v) is 6.93. The molecule has 0 aliphatic heterocycles. The largest absolute Gasteiger partial charge is 0.322 e. The number of nitrogens with two attached hydrogens (primary N) is 1.